The van der Waals surface area contributed by atoms with Gasteiger partial charge in [-0.25, -0.2) is 0 Å². The Kier molecular flexibility index (Phi) is 2.67. The van der Waals surface area contributed by atoms with Gasteiger partial charge in [0.15, 0.2) is 0 Å². The summed E-state index contributed by atoms with van der Waals surface area (Å²) >= 11 is 0. The molecule has 0 aromatic rings. The summed E-state index contributed by atoms with van der Waals surface area (Å²) in [7, 11) is 0. The number of rotatable bonds is 2. The van der Waals surface area contributed by atoms with Crippen LogP contribution in [0.25, 0.3) is 0 Å². The van der Waals surface area contributed by atoms with Crippen LogP contribution in [0.4, 0.5) is 0 Å². The van der Waals surface area contributed by atoms with Gasteiger partial charge < -0.3 is 10.6 Å². The van der Waals surface area contributed by atoms with E-state index >= 15 is 0 Å². The minimum atomic E-state index is 0.256. The van der Waals surface area contributed by atoms with E-state index in [2.05, 4.69) is 11.0 Å². The van der Waals surface area contributed by atoms with E-state index in [1.165, 1.54) is 0 Å². The van der Waals surface area contributed by atoms with Crippen molar-refractivity contribution in [3.8, 4) is 6.07 Å². The Morgan fingerprint density at radius 3 is 3.00 bits per heavy atom. The Morgan fingerprint density at radius 1 is 1.70 bits per heavy atom. The molecule has 0 aromatic heterocycles. The van der Waals surface area contributed by atoms with Crippen molar-refractivity contribution in [1.82, 2.24) is 4.90 Å². The number of nitrogens with zero attached hydrogens (tertiary/aromatic N) is 2. The average Bonchev–Trinajstić information content (AvgIpc) is 2.37. The van der Waals surface area contributed by atoms with E-state index in [4.69, 9.17) is 11.0 Å². The molecule has 1 atom stereocenters. The fourth-order valence-corrected chi connectivity index (χ4v) is 1.32. The summed E-state index contributed by atoms with van der Waals surface area (Å²) in [6.45, 7) is 3.62. The molecule has 1 aliphatic rings. The zero-order valence-electron chi connectivity index (χ0n) is 6.08. The van der Waals surface area contributed by atoms with Gasteiger partial charge in [0.1, 0.15) is 0 Å². The predicted octanol–water partition coefficient (Wildman–Crippen LogP) is -0.209. The Balaban J connectivity index is 2.23. The third-order valence-electron chi connectivity index (χ3n) is 1.90. The lowest BCUT2D eigenvalue weighted by Gasteiger charge is -2.11. The van der Waals surface area contributed by atoms with Crippen molar-refractivity contribution in [2.45, 2.75) is 6.42 Å². The molecule has 2 N–H and O–H groups in total. The molecular weight excluding hydrogens is 126 g/mol. The molecule has 1 heterocycles. The molecule has 3 heteroatoms. The number of nitriles is 1. The van der Waals surface area contributed by atoms with E-state index in [1.807, 2.05) is 0 Å². The summed E-state index contributed by atoms with van der Waals surface area (Å²) in [5, 5.41) is 8.54. The maximum atomic E-state index is 8.54. The zero-order valence-corrected chi connectivity index (χ0v) is 6.08. The molecule has 3 nitrogen and oxygen atoms in total. The van der Waals surface area contributed by atoms with Crippen LogP contribution in [0.3, 0.4) is 0 Å². The summed E-state index contributed by atoms with van der Waals surface area (Å²) in [5.74, 6) is 0.256. The van der Waals surface area contributed by atoms with Crippen molar-refractivity contribution in [3.63, 3.8) is 0 Å². The van der Waals surface area contributed by atoms with Gasteiger partial charge in [-0.15, -0.1) is 0 Å². The van der Waals surface area contributed by atoms with Gasteiger partial charge in [-0.3, -0.25) is 0 Å². The van der Waals surface area contributed by atoms with Crippen LogP contribution in [0.2, 0.25) is 0 Å². The van der Waals surface area contributed by atoms with Crippen molar-refractivity contribution in [2.24, 2.45) is 11.7 Å². The highest BCUT2D eigenvalue weighted by molar-refractivity contribution is 4.90. The number of hydrogen-bond donors (Lipinski definition) is 1. The largest absolute Gasteiger partial charge is 0.329 e. The van der Waals surface area contributed by atoms with Crippen LogP contribution in [0.1, 0.15) is 6.42 Å². The quantitative estimate of drug-likeness (QED) is 0.576. The van der Waals surface area contributed by atoms with Crippen molar-refractivity contribution >= 4 is 0 Å². The van der Waals surface area contributed by atoms with Crippen LogP contribution in [0.5, 0.6) is 0 Å². The van der Waals surface area contributed by atoms with Crippen molar-refractivity contribution in [1.29, 1.82) is 5.26 Å². The summed E-state index contributed by atoms with van der Waals surface area (Å²) < 4.78 is 0. The monoisotopic (exact) mass is 139 g/mol. The first kappa shape index (κ1) is 7.52. The Hall–Kier alpha value is -0.590. The molecule has 1 rings (SSSR count). The summed E-state index contributed by atoms with van der Waals surface area (Å²) in [6.07, 6.45) is 1.02. The van der Waals surface area contributed by atoms with Gasteiger partial charge in [0.25, 0.3) is 0 Å². The first-order valence-electron chi connectivity index (χ1n) is 3.69. The van der Waals surface area contributed by atoms with E-state index < -0.39 is 0 Å². The summed E-state index contributed by atoms with van der Waals surface area (Å²) in [5.41, 5.74) is 5.37. The first-order chi connectivity index (χ1) is 4.86. The Bertz CT molecular complexity index is 138. The maximum Gasteiger partial charge on any atom is 0.0669 e. The Labute approximate surface area is 61.4 Å². The van der Waals surface area contributed by atoms with E-state index in [1.54, 1.807) is 0 Å². The molecule has 1 saturated heterocycles. The number of hydrogen-bond acceptors (Lipinski definition) is 3. The summed E-state index contributed by atoms with van der Waals surface area (Å²) in [6, 6.07) is 2.27. The number of nitrogens with two attached hydrogens (primary N) is 1. The highest BCUT2D eigenvalue weighted by atomic mass is 15.1. The minimum Gasteiger partial charge on any atom is -0.329 e. The van der Waals surface area contributed by atoms with E-state index in [9.17, 15) is 0 Å². The third-order valence-corrected chi connectivity index (χ3v) is 1.90. The van der Waals surface area contributed by atoms with E-state index in [-0.39, 0.29) is 5.92 Å². The molecule has 1 unspecified atom stereocenters. The second-order valence-corrected chi connectivity index (χ2v) is 2.70. The Morgan fingerprint density at radius 2 is 2.50 bits per heavy atom. The first-order valence-corrected chi connectivity index (χ1v) is 3.69. The van der Waals surface area contributed by atoms with Crippen molar-refractivity contribution < 1.29 is 0 Å². The normalized spacial score (nSPS) is 26.6. The van der Waals surface area contributed by atoms with Crippen LogP contribution < -0.4 is 5.73 Å². The van der Waals surface area contributed by atoms with Crippen LogP contribution in [-0.2, 0) is 0 Å². The van der Waals surface area contributed by atoms with Gasteiger partial charge in [-0.2, -0.15) is 5.26 Å². The molecule has 0 amide bonds. The molecular formula is C7H13N3. The molecule has 1 aliphatic heterocycles. The highest BCUT2D eigenvalue weighted by Crippen LogP contribution is 2.13. The zero-order chi connectivity index (χ0) is 7.40. The van der Waals surface area contributed by atoms with E-state index in [0.29, 0.717) is 6.54 Å². The molecule has 10 heavy (non-hydrogen) atoms. The lowest BCUT2D eigenvalue weighted by molar-refractivity contribution is 0.342. The second kappa shape index (κ2) is 3.55. The second-order valence-electron chi connectivity index (χ2n) is 2.70. The maximum absolute atomic E-state index is 8.54. The molecule has 0 bridgehead atoms. The average molecular weight is 139 g/mol. The number of likely N-dealkylation sites (tertiary alicyclic amines) is 1. The van der Waals surface area contributed by atoms with Crippen molar-refractivity contribution in [2.75, 3.05) is 26.2 Å². The topological polar surface area (TPSA) is 53.0 Å². The fraction of sp³-hybridized carbons (Fsp3) is 0.857. The van der Waals surface area contributed by atoms with Gasteiger partial charge in [-0.1, -0.05) is 0 Å². The molecule has 1 fully saturated rings. The molecule has 0 saturated carbocycles. The van der Waals surface area contributed by atoms with Crippen LogP contribution in [-0.4, -0.2) is 31.1 Å². The molecule has 0 aliphatic carbocycles. The van der Waals surface area contributed by atoms with E-state index in [0.717, 1.165) is 26.1 Å². The molecule has 0 radical (unpaired) electrons. The van der Waals surface area contributed by atoms with Crippen LogP contribution in [0, 0.1) is 17.2 Å². The van der Waals surface area contributed by atoms with Gasteiger partial charge in [-0.05, 0) is 13.0 Å². The van der Waals surface area contributed by atoms with Crippen molar-refractivity contribution in [3.05, 3.63) is 0 Å². The van der Waals surface area contributed by atoms with Crippen LogP contribution in [0.15, 0.2) is 0 Å². The third kappa shape index (κ3) is 1.69. The van der Waals surface area contributed by atoms with Gasteiger partial charge in [0.2, 0.25) is 0 Å². The van der Waals surface area contributed by atoms with Gasteiger partial charge in [0, 0.05) is 19.6 Å². The fourth-order valence-electron chi connectivity index (χ4n) is 1.32. The smallest absolute Gasteiger partial charge is 0.0669 e. The van der Waals surface area contributed by atoms with Gasteiger partial charge in [0.05, 0.1) is 12.0 Å². The lowest BCUT2D eigenvalue weighted by Crippen LogP contribution is -2.27. The molecule has 0 spiro atoms. The van der Waals surface area contributed by atoms with Crippen LogP contribution >= 0.6 is 0 Å². The summed E-state index contributed by atoms with van der Waals surface area (Å²) in [4.78, 5) is 2.24. The molecule has 56 valence electrons. The highest BCUT2D eigenvalue weighted by Gasteiger charge is 2.20. The predicted molar refractivity (Wildman–Crippen MR) is 39.2 cm³/mol. The lowest BCUT2D eigenvalue weighted by atomic mass is 10.1. The SMILES string of the molecule is N#CC1CCN(CCN)C1. The minimum absolute atomic E-state index is 0.256. The molecule has 0 aromatic carbocycles. The standard InChI is InChI=1S/C7H13N3/c8-2-4-10-3-1-7(5-9)6-10/h7H,1-4,6,8H2. The van der Waals surface area contributed by atoms with Gasteiger partial charge >= 0.3 is 0 Å².